The molecule has 0 bridgehead atoms. The van der Waals surface area contributed by atoms with Crippen LogP contribution >= 0.6 is 11.6 Å². The van der Waals surface area contributed by atoms with Gasteiger partial charge < -0.3 is 9.84 Å². The zero-order chi connectivity index (χ0) is 13.3. The summed E-state index contributed by atoms with van der Waals surface area (Å²) in [5.74, 6) is -0.300. The Hall–Kier alpha value is -1.81. The van der Waals surface area contributed by atoms with Gasteiger partial charge in [0.2, 0.25) is 0 Å². The number of rotatable bonds is 3. The zero-order valence-electron chi connectivity index (χ0n) is 10.0. The highest BCUT2D eigenvalue weighted by molar-refractivity contribution is 6.30. The van der Waals surface area contributed by atoms with E-state index in [1.54, 1.807) is 13.2 Å². The Labute approximate surface area is 109 Å². The Balaban J connectivity index is 2.67. The average Bonchev–Trinajstić information content (AvgIpc) is 2.29. The Morgan fingerprint density at radius 3 is 2.78 bits per heavy atom. The normalized spacial score (nSPS) is 10.6. The summed E-state index contributed by atoms with van der Waals surface area (Å²) in [5, 5.41) is 9.84. The van der Waals surface area contributed by atoms with Crippen molar-refractivity contribution in [3.05, 3.63) is 34.5 Å². The third-order valence-electron chi connectivity index (χ3n) is 2.62. The lowest BCUT2D eigenvalue weighted by Gasteiger charge is -2.09. The number of methoxy groups -OCH3 is 1. The lowest BCUT2D eigenvalue weighted by atomic mass is 10.1. The predicted octanol–water partition coefficient (Wildman–Crippen LogP) is 2.83. The number of aliphatic carboxylic acids is 1. The van der Waals surface area contributed by atoms with Crippen LogP contribution in [0.2, 0.25) is 5.15 Å². The minimum Gasteiger partial charge on any atom is -0.494 e. The first-order chi connectivity index (χ1) is 8.51. The number of fused-ring (bicyclic) bond motifs is 1. The van der Waals surface area contributed by atoms with Crippen LogP contribution < -0.4 is 4.74 Å². The van der Waals surface area contributed by atoms with Crippen LogP contribution in [0.3, 0.4) is 0 Å². The summed E-state index contributed by atoms with van der Waals surface area (Å²) in [7, 11) is 1.56. The molecule has 0 unspecified atom stereocenters. The van der Waals surface area contributed by atoms with E-state index in [0.717, 1.165) is 10.9 Å². The number of aryl methyl sites for hydroxylation is 1. The number of hydrogen-bond donors (Lipinski definition) is 1. The van der Waals surface area contributed by atoms with Crippen molar-refractivity contribution in [2.24, 2.45) is 0 Å². The molecule has 0 atom stereocenters. The average molecular weight is 266 g/mol. The van der Waals surface area contributed by atoms with Gasteiger partial charge in [-0.05, 0) is 30.7 Å². The highest BCUT2D eigenvalue weighted by Gasteiger charge is 2.11. The summed E-state index contributed by atoms with van der Waals surface area (Å²) in [6.45, 7) is 1.94. The molecule has 0 aliphatic rings. The first-order valence-electron chi connectivity index (χ1n) is 5.37. The molecule has 0 aliphatic heterocycles. The van der Waals surface area contributed by atoms with Gasteiger partial charge in [-0.2, -0.15) is 0 Å². The minimum atomic E-state index is -0.933. The Kier molecular flexibility index (Phi) is 3.39. The molecule has 4 nitrogen and oxygen atoms in total. The summed E-state index contributed by atoms with van der Waals surface area (Å²) in [4.78, 5) is 15.0. The van der Waals surface area contributed by atoms with E-state index < -0.39 is 5.97 Å². The third-order valence-corrected chi connectivity index (χ3v) is 2.94. The molecule has 1 aromatic heterocycles. The summed E-state index contributed by atoms with van der Waals surface area (Å²) < 4.78 is 5.25. The molecule has 1 heterocycles. The van der Waals surface area contributed by atoms with Crippen molar-refractivity contribution in [3.63, 3.8) is 0 Å². The lowest BCUT2D eigenvalue weighted by Crippen LogP contribution is -2.02. The Morgan fingerprint density at radius 1 is 1.44 bits per heavy atom. The fraction of sp³-hybridized carbons (Fsp3) is 0.231. The van der Waals surface area contributed by atoms with E-state index in [1.165, 1.54) is 0 Å². The summed E-state index contributed by atoms with van der Waals surface area (Å²) in [5.41, 5.74) is 2.16. The van der Waals surface area contributed by atoms with Gasteiger partial charge in [-0.3, -0.25) is 4.79 Å². The maximum Gasteiger partial charge on any atom is 0.307 e. The van der Waals surface area contributed by atoms with E-state index in [-0.39, 0.29) is 11.6 Å². The van der Waals surface area contributed by atoms with Gasteiger partial charge >= 0.3 is 5.97 Å². The molecule has 1 N–H and O–H groups in total. The maximum absolute atomic E-state index is 10.7. The number of carbonyl (C=O) groups is 1. The Morgan fingerprint density at radius 2 is 2.17 bits per heavy atom. The van der Waals surface area contributed by atoms with Crippen LogP contribution in [-0.2, 0) is 11.2 Å². The third kappa shape index (κ3) is 2.38. The number of hydrogen-bond acceptors (Lipinski definition) is 3. The van der Waals surface area contributed by atoms with Gasteiger partial charge in [0.05, 0.1) is 13.5 Å². The summed E-state index contributed by atoms with van der Waals surface area (Å²) in [6, 6.07) is 5.53. The topological polar surface area (TPSA) is 59.4 Å². The first kappa shape index (κ1) is 12.6. The molecule has 0 fully saturated rings. The number of benzene rings is 1. The number of halogens is 1. The molecule has 0 saturated heterocycles. The number of aromatic nitrogens is 1. The zero-order valence-corrected chi connectivity index (χ0v) is 10.8. The lowest BCUT2D eigenvalue weighted by molar-refractivity contribution is -0.136. The molecule has 18 heavy (non-hydrogen) atoms. The van der Waals surface area contributed by atoms with E-state index in [0.29, 0.717) is 16.8 Å². The second-order valence-electron chi connectivity index (χ2n) is 4.05. The van der Waals surface area contributed by atoms with Crippen LogP contribution in [0.25, 0.3) is 10.9 Å². The highest BCUT2D eigenvalue weighted by atomic mass is 35.5. The van der Waals surface area contributed by atoms with Crippen molar-refractivity contribution in [1.82, 2.24) is 4.98 Å². The van der Waals surface area contributed by atoms with Gasteiger partial charge in [-0.15, -0.1) is 0 Å². The molecule has 2 rings (SSSR count). The van der Waals surface area contributed by atoms with Crippen LogP contribution in [0.5, 0.6) is 5.75 Å². The standard InChI is InChI=1S/C13H12ClNO3/c1-7-3-8-5-9(6-11(16)17)13(14)15-12(8)10(4-7)18-2/h3-5H,6H2,1-2H3,(H,16,17). The molecular weight excluding hydrogens is 254 g/mol. The molecular formula is C13H12ClNO3. The van der Waals surface area contributed by atoms with Crippen LogP contribution in [0, 0.1) is 6.92 Å². The van der Waals surface area contributed by atoms with Gasteiger partial charge in [0.25, 0.3) is 0 Å². The molecule has 94 valence electrons. The second kappa shape index (κ2) is 4.82. The molecule has 0 radical (unpaired) electrons. The number of carboxylic acids is 1. The van der Waals surface area contributed by atoms with Gasteiger partial charge in [-0.25, -0.2) is 4.98 Å². The molecule has 2 aromatic rings. The van der Waals surface area contributed by atoms with Crippen molar-refractivity contribution in [3.8, 4) is 5.75 Å². The van der Waals surface area contributed by atoms with Crippen LogP contribution in [0.15, 0.2) is 18.2 Å². The second-order valence-corrected chi connectivity index (χ2v) is 4.41. The number of carboxylic acid groups (broad SMARTS) is 1. The van der Waals surface area contributed by atoms with Crippen molar-refractivity contribution in [2.75, 3.05) is 7.11 Å². The minimum absolute atomic E-state index is 0.141. The summed E-state index contributed by atoms with van der Waals surface area (Å²) in [6.07, 6.45) is -0.141. The Bertz CT molecular complexity index is 625. The smallest absolute Gasteiger partial charge is 0.307 e. The van der Waals surface area contributed by atoms with E-state index in [9.17, 15) is 4.79 Å². The molecule has 0 aliphatic carbocycles. The van der Waals surface area contributed by atoms with Crippen molar-refractivity contribution in [2.45, 2.75) is 13.3 Å². The molecule has 1 aromatic carbocycles. The molecule has 5 heteroatoms. The van der Waals surface area contributed by atoms with E-state index in [2.05, 4.69) is 4.98 Å². The molecule has 0 spiro atoms. The van der Waals surface area contributed by atoms with E-state index in [4.69, 9.17) is 21.4 Å². The van der Waals surface area contributed by atoms with Gasteiger partial charge in [0.1, 0.15) is 16.4 Å². The van der Waals surface area contributed by atoms with Crippen molar-refractivity contribution in [1.29, 1.82) is 0 Å². The van der Waals surface area contributed by atoms with Crippen LogP contribution in [-0.4, -0.2) is 23.2 Å². The molecule has 0 amide bonds. The van der Waals surface area contributed by atoms with Crippen molar-refractivity contribution < 1.29 is 14.6 Å². The number of ether oxygens (including phenoxy) is 1. The number of pyridine rings is 1. The highest BCUT2D eigenvalue weighted by Crippen LogP contribution is 2.29. The number of nitrogens with zero attached hydrogens (tertiary/aromatic N) is 1. The van der Waals surface area contributed by atoms with E-state index in [1.807, 2.05) is 19.1 Å². The quantitative estimate of drug-likeness (QED) is 0.867. The van der Waals surface area contributed by atoms with Crippen LogP contribution in [0.4, 0.5) is 0 Å². The predicted molar refractivity (Wildman–Crippen MR) is 69.4 cm³/mol. The first-order valence-corrected chi connectivity index (χ1v) is 5.74. The van der Waals surface area contributed by atoms with E-state index >= 15 is 0 Å². The fourth-order valence-corrected chi connectivity index (χ4v) is 2.07. The maximum atomic E-state index is 10.7. The SMILES string of the molecule is COc1cc(C)cc2cc(CC(=O)O)c(Cl)nc12. The summed E-state index contributed by atoms with van der Waals surface area (Å²) >= 11 is 5.99. The largest absolute Gasteiger partial charge is 0.494 e. The van der Waals surface area contributed by atoms with Crippen LogP contribution in [0.1, 0.15) is 11.1 Å². The fourth-order valence-electron chi connectivity index (χ4n) is 1.86. The van der Waals surface area contributed by atoms with Crippen molar-refractivity contribution >= 4 is 28.5 Å². The monoisotopic (exact) mass is 265 g/mol. The molecule has 0 saturated carbocycles. The van der Waals surface area contributed by atoms with Gasteiger partial charge in [-0.1, -0.05) is 11.6 Å². The van der Waals surface area contributed by atoms with Gasteiger partial charge in [0, 0.05) is 10.9 Å². The van der Waals surface area contributed by atoms with Gasteiger partial charge in [0.15, 0.2) is 0 Å².